The van der Waals surface area contributed by atoms with Gasteiger partial charge < -0.3 is 17.8 Å². The smallest absolute Gasteiger partial charge is 0.448 e. The molecule has 1 saturated heterocycles. The summed E-state index contributed by atoms with van der Waals surface area (Å²) in [5.41, 5.74) is 0.0551. The molecule has 0 aromatic heterocycles. The van der Waals surface area contributed by atoms with Crippen molar-refractivity contribution in [1.82, 2.24) is 4.90 Å². The Morgan fingerprint density at radius 1 is 1.29 bits per heavy atom. The van der Waals surface area contributed by atoms with Crippen molar-refractivity contribution in [3.8, 4) is 0 Å². The summed E-state index contributed by atoms with van der Waals surface area (Å²) in [5, 5.41) is 0. The van der Waals surface area contributed by atoms with Crippen LogP contribution in [0.4, 0.5) is 12.9 Å². The average molecular weight is 233 g/mol. The fraction of sp³-hybridized carbons (Fsp3) is 1.00. The third-order valence-corrected chi connectivity index (χ3v) is 2.44. The van der Waals surface area contributed by atoms with Crippen molar-refractivity contribution < 1.29 is 64.3 Å². The van der Waals surface area contributed by atoms with Gasteiger partial charge >= 0.3 is 58.4 Å². The maximum Gasteiger partial charge on any atom is 1.00 e. The second kappa shape index (κ2) is 5.68. The molecular formula is C8H16BF3KN. The van der Waals surface area contributed by atoms with Gasteiger partial charge in [-0.1, -0.05) is 13.8 Å². The Labute approximate surface area is 126 Å². The first-order chi connectivity index (χ1) is 5.79. The molecule has 0 spiro atoms. The van der Waals surface area contributed by atoms with Gasteiger partial charge in [0, 0.05) is 6.54 Å². The van der Waals surface area contributed by atoms with Crippen molar-refractivity contribution in [3.63, 3.8) is 0 Å². The molecule has 1 nitrogen and oxygen atoms in total. The summed E-state index contributed by atoms with van der Waals surface area (Å²) in [6.07, 6.45) is 1.23. The Morgan fingerprint density at radius 2 is 1.86 bits per heavy atom. The van der Waals surface area contributed by atoms with E-state index in [0.717, 1.165) is 12.8 Å². The summed E-state index contributed by atoms with van der Waals surface area (Å²) in [5.74, 6) is 0. The zero-order valence-electron chi connectivity index (χ0n) is 9.19. The number of hydrogen-bond acceptors (Lipinski definition) is 1. The van der Waals surface area contributed by atoms with E-state index in [9.17, 15) is 12.9 Å². The first kappa shape index (κ1) is 15.5. The monoisotopic (exact) mass is 233 g/mol. The summed E-state index contributed by atoms with van der Waals surface area (Å²) in [4.78, 5) is 1.53. The van der Waals surface area contributed by atoms with Crippen LogP contribution in [0.2, 0.25) is 0 Å². The van der Waals surface area contributed by atoms with Crippen LogP contribution in [-0.2, 0) is 0 Å². The third kappa shape index (κ3) is 6.13. The van der Waals surface area contributed by atoms with E-state index in [1.165, 1.54) is 4.90 Å². The number of halogens is 3. The van der Waals surface area contributed by atoms with Crippen LogP contribution in [0.3, 0.4) is 0 Å². The predicted molar refractivity (Wildman–Crippen MR) is 48.5 cm³/mol. The molecule has 0 amide bonds. The minimum Gasteiger partial charge on any atom is -0.448 e. The van der Waals surface area contributed by atoms with E-state index >= 15 is 0 Å². The maximum absolute atomic E-state index is 12.1. The maximum atomic E-state index is 12.1. The number of hydrogen-bond donors (Lipinski definition) is 0. The summed E-state index contributed by atoms with van der Waals surface area (Å²) < 4.78 is 36.3. The zero-order valence-corrected chi connectivity index (χ0v) is 12.3. The van der Waals surface area contributed by atoms with Crippen molar-refractivity contribution >= 4 is 6.98 Å². The van der Waals surface area contributed by atoms with E-state index in [0.29, 0.717) is 13.1 Å². The van der Waals surface area contributed by atoms with Crippen molar-refractivity contribution in [2.45, 2.75) is 26.7 Å². The Balaban J connectivity index is 0.00000169. The molecule has 0 aromatic carbocycles. The van der Waals surface area contributed by atoms with Crippen LogP contribution >= 0.6 is 0 Å². The quantitative estimate of drug-likeness (QED) is 0.581. The molecule has 78 valence electrons. The Bertz CT molecular complexity index is 182. The molecule has 0 aliphatic carbocycles. The first-order valence-corrected chi connectivity index (χ1v) is 4.72. The number of nitrogens with zero attached hydrogens (tertiary/aromatic N) is 1. The molecule has 1 fully saturated rings. The van der Waals surface area contributed by atoms with Crippen LogP contribution in [0.15, 0.2) is 0 Å². The van der Waals surface area contributed by atoms with Gasteiger partial charge in [-0.3, -0.25) is 0 Å². The molecule has 0 N–H and O–H groups in total. The molecule has 0 atom stereocenters. The average Bonchev–Trinajstić information content (AvgIpc) is 1.79. The number of likely N-dealkylation sites (tertiary alicyclic amines) is 1. The van der Waals surface area contributed by atoms with Gasteiger partial charge in [-0.05, 0) is 31.2 Å². The molecule has 1 heterocycles. The fourth-order valence-corrected chi connectivity index (χ4v) is 1.99. The standard InChI is InChI=1S/C8H16BF3N.K/c1-8(2)4-3-5-13(6-8)7-9(10,11)12;/h3-7H2,1-2H3;/q-1;+1. The fourth-order valence-electron chi connectivity index (χ4n) is 1.99. The van der Waals surface area contributed by atoms with Gasteiger partial charge in [-0.25, -0.2) is 0 Å². The number of piperidine rings is 1. The minimum atomic E-state index is -4.65. The molecule has 6 heteroatoms. The summed E-state index contributed by atoms with van der Waals surface area (Å²) in [6.45, 7) is 0.592. The van der Waals surface area contributed by atoms with Crippen LogP contribution in [0.1, 0.15) is 26.7 Å². The molecular weight excluding hydrogens is 217 g/mol. The molecule has 1 rings (SSSR count). The van der Waals surface area contributed by atoms with Crippen molar-refractivity contribution in [2.75, 3.05) is 19.5 Å². The van der Waals surface area contributed by atoms with Crippen LogP contribution in [-0.4, -0.2) is 31.4 Å². The van der Waals surface area contributed by atoms with Gasteiger partial charge in [-0.15, -0.1) is 0 Å². The van der Waals surface area contributed by atoms with E-state index in [2.05, 4.69) is 0 Å². The molecule has 1 aliphatic heterocycles. The van der Waals surface area contributed by atoms with Crippen LogP contribution in [0.5, 0.6) is 0 Å². The molecule has 14 heavy (non-hydrogen) atoms. The number of rotatable bonds is 2. The zero-order chi connectivity index (χ0) is 10.1. The van der Waals surface area contributed by atoms with Crippen LogP contribution in [0.25, 0.3) is 0 Å². The summed E-state index contributed by atoms with van der Waals surface area (Å²) in [6, 6.07) is 0. The largest absolute Gasteiger partial charge is 1.00 e. The van der Waals surface area contributed by atoms with E-state index in [1.54, 1.807) is 0 Å². The van der Waals surface area contributed by atoms with Gasteiger partial charge in [0.1, 0.15) is 0 Å². The van der Waals surface area contributed by atoms with E-state index in [4.69, 9.17) is 0 Å². The summed E-state index contributed by atoms with van der Waals surface area (Å²) >= 11 is 0. The molecule has 0 saturated carbocycles. The van der Waals surface area contributed by atoms with E-state index < -0.39 is 13.4 Å². The van der Waals surface area contributed by atoms with Gasteiger partial charge in [0.25, 0.3) is 0 Å². The second-order valence-electron chi connectivity index (χ2n) is 4.71. The Morgan fingerprint density at radius 3 is 2.29 bits per heavy atom. The van der Waals surface area contributed by atoms with Gasteiger partial charge in [-0.2, -0.15) is 0 Å². The normalized spacial score (nSPS) is 22.9. The first-order valence-electron chi connectivity index (χ1n) is 4.72. The van der Waals surface area contributed by atoms with Gasteiger partial charge in [0.15, 0.2) is 0 Å². The van der Waals surface area contributed by atoms with E-state index in [1.807, 2.05) is 13.8 Å². The Hall–Kier alpha value is 1.45. The Kier molecular flexibility index (Phi) is 6.27. The van der Waals surface area contributed by atoms with Crippen LogP contribution < -0.4 is 51.4 Å². The van der Waals surface area contributed by atoms with Gasteiger partial charge in [0.2, 0.25) is 0 Å². The van der Waals surface area contributed by atoms with Crippen molar-refractivity contribution in [2.24, 2.45) is 5.41 Å². The van der Waals surface area contributed by atoms with Crippen molar-refractivity contribution in [1.29, 1.82) is 0 Å². The summed E-state index contributed by atoms with van der Waals surface area (Å²) in [7, 11) is 0. The second-order valence-corrected chi connectivity index (χ2v) is 4.71. The third-order valence-electron chi connectivity index (χ3n) is 2.44. The molecule has 0 aromatic rings. The van der Waals surface area contributed by atoms with Gasteiger partial charge in [0.05, 0.1) is 0 Å². The molecule has 0 radical (unpaired) electrons. The molecule has 0 bridgehead atoms. The minimum absolute atomic E-state index is 0. The topological polar surface area (TPSA) is 3.24 Å². The molecule has 0 unspecified atom stereocenters. The van der Waals surface area contributed by atoms with Crippen LogP contribution in [0, 0.1) is 5.41 Å². The SMILES string of the molecule is CC1(C)CCCN(C[B-](F)(F)F)C1.[K+]. The van der Waals surface area contributed by atoms with Crippen molar-refractivity contribution in [3.05, 3.63) is 0 Å². The van der Waals surface area contributed by atoms with E-state index in [-0.39, 0.29) is 56.8 Å². The predicted octanol–water partition coefficient (Wildman–Crippen LogP) is -0.501. The molecule has 1 aliphatic rings.